The zero-order valence-electron chi connectivity index (χ0n) is 26.4. The topological polar surface area (TPSA) is 164 Å². The molecule has 4 atom stereocenters. The first kappa shape index (κ1) is 36.1. The molecule has 0 bridgehead atoms. The predicted molar refractivity (Wildman–Crippen MR) is 165 cm³/mol. The number of amides is 4. The number of likely N-dealkylation sites (N-methyl/N-ethyl adjacent to an activating group) is 1. The monoisotopic (exact) mass is 622 g/mol. The summed E-state index contributed by atoms with van der Waals surface area (Å²) in [6, 6.07) is -1.02. The molecule has 12 nitrogen and oxygen atoms in total. The highest BCUT2D eigenvalue weighted by Crippen LogP contribution is 2.18. The number of primary amides is 1. The van der Waals surface area contributed by atoms with Crippen LogP contribution in [0.15, 0.2) is 5.38 Å². The van der Waals surface area contributed by atoms with Gasteiger partial charge in [0.05, 0.1) is 11.0 Å². The fraction of sp³-hybridized carbons (Fsp3) is 0.733. The van der Waals surface area contributed by atoms with E-state index < -0.39 is 11.9 Å². The van der Waals surface area contributed by atoms with Crippen LogP contribution >= 0.6 is 11.3 Å². The lowest BCUT2D eigenvalue weighted by Gasteiger charge is -2.35. The van der Waals surface area contributed by atoms with Gasteiger partial charge in [0.15, 0.2) is 6.73 Å². The minimum Gasteiger partial charge on any atom is -0.444 e. The fourth-order valence-corrected chi connectivity index (χ4v) is 5.61. The lowest BCUT2D eigenvalue weighted by atomic mass is 9.96. The molecule has 1 aliphatic rings. The van der Waals surface area contributed by atoms with Crippen molar-refractivity contribution in [1.82, 2.24) is 25.4 Å². The van der Waals surface area contributed by atoms with Gasteiger partial charge in [-0.3, -0.25) is 28.9 Å². The van der Waals surface area contributed by atoms with E-state index in [1.165, 1.54) is 16.2 Å². The van der Waals surface area contributed by atoms with Gasteiger partial charge in [-0.15, -0.1) is 11.3 Å². The molecule has 0 aliphatic carbocycles. The van der Waals surface area contributed by atoms with Crippen molar-refractivity contribution in [2.75, 3.05) is 33.4 Å². The van der Waals surface area contributed by atoms with E-state index in [4.69, 9.17) is 10.5 Å². The Morgan fingerprint density at radius 3 is 2.60 bits per heavy atom. The third kappa shape index (κ3) is 11.9. The highest BCUT2D eigenvalue weighted by atomic mass is 32.1. The van der Waals surface area contributed by atoms with E-state index in [0.29, 0.717) is 44.3 Å². The quantitative estimate of drug-likeness (QED) is 0.166. The fourth-order valence-electron chi connectivity index (χ4n) is 4.79. The predicted octanol–water partition coefficient (Wildman–Crippen LogP) is 2.46. The number of piperidine rings is 1. The molecule has 2 heterocycles. The van der Waals surface area contributed by atoms with Gasteiger partial charge in [-0.05, 0) is 51.6 Å². The Morgan fingerprint density at radius 2 is 1.95 bits per heavy atom. The van der Waals surface area contributed by atoms with Crippen molar-refractivity contribution in [2.45, 2.75) is 97.6 Å². The summed E-state index contributed by atoms with van der Waals surface area (Å²) < 4.78 is 5.43. The minimum absolute atomic E-state index is 0.120. The van der Waals surface area contributed by atoms with Crippen molar-refractivity contribution in [3.63, 3.8) is 0 Å². The summed E-state index contributed by atoms with van der Waals surface area (Å²) in [5.41, 5.74) is 5.56. The van der Waals surface area contributed by atoms with E-state index in [-0.39, 0.29) is 61.3 Å². The number of esters is 1. The van der Waals surface area contributed by atoms with Gasteiger partial charge >= 0.3 is 5.97 Å². The average molecular weight is 623 g/mol. The van der Waals surface area contributed by atoms with Crippen LogP contribution < -0.4 is 16.4 Å². The molecule has 0 spiro atoms. The summed E-state index contributed by atoms with van der Waals surface area (Å²) in [5, 5.41) is 8.19. The molecule has 2 rings (SSSR count). The van der Waals surface area contributed by atoms with Crippen molar-refractivity contribution in [3.8, 4) is 0 Å². The zero-order valence-corrected chi connectivity index (χ0v) is 27.2. The van der Waals surface area contributed by atoms with Crippen LogP contribution in [0.3, 0.4) is 0 Å². The molecule has 4 N–H and O–H groups in total. The van der Waals surface area contributed by atoms with Crippen LogP contribution in [0.5, 0.6) is 0 Å². The number of likely N-dealkylation sites (tertiary alicyclic amines) is 1. The number of hydrogen-bond donors (Lipinski definition) is 3. The molecule has 0 aromatic carbocycles. The number of ether oxygens (including phenoxy) is 1. The van der Waals surface area contributed by atoms with Crippen LogP contribution in [0.1, 0.15) is 94.6 Å². The smallest absolute Gasteiger partial charge is 0.307 e. The molecular formula is C30H50N6O6S. The number of carbonyl (C=O) groups excluding carboxylic acids is 5. The minimum atomic E-state index is -0.745. The molecule has 43 heavy (non-hydrogen) atoms. The number of thiazole rings is 1. The number of rotatable bonds is 18. The van der Waals surface area contributed by atoms with Crippen LogP contribution in [0.25, 0.3) is 0 Å². The Hall–Kier alpha value is -3.06. The van der Waals surface area contributed by atoms with Crippen LogP contribution in [-0.2, 0) is 30.3 Å². The Balaban J connectivity index is 2.05. The lowest BCUT2D eigenvalue weighted by Crippen LogP contribution is -2.57. The van der Waals surface area contributed by atoms with Gasteiger partial charge in [-0.25, -0.2) is 4.98 Å². The van der Waals surface area contributed by atoms with Crippen LogP contribution in [-0.4, -0.2) is 89.9 Å². The number of nitrogens with zero attached hydrogens (tertiary/aromatic N) is 3. The van der Waals surface area contributed by atoms with Gasteiger partial charge in [0.2, 0.25) is 17.7 Å². The zero-order chi connectivity index (χ0) is 31.9. The summed E-state index contributed by atoms with van der Waals surface area (Å²) in [7, 11) is 1.93. The largest absolute Gasteiger partial charge is 0.444 e. The third-order valence-corrected chi connectivity index (χ3v) is 8.86. The molecule has 1 aliphatic heterocycles. The summed E-state index contributed by atoms with van der Waals surface area (Å²) in [6.07, 6.45) is 5.83. The van der Waals surface area contributed by atoms with E-state index in [1.54, 1.807) is 12.3 Å². The molecule has 1 aromatic heterocycles. The molecule has 3 unspecified atom stereocenters. The second-order valence-corrected chi connectivity index (χ2v) is 12.4. The van der Waals surface area contributed by atoms with Gasteiger partial charge in [-0.2, -0.15) is 0 Å². The molecule has 1 fully saturated rings. The van der Waals surface area contributed by atoms with Crippen molar-refractivity contribution in [2.24, 2.45) is 17.6 Å². The van der Waals surface area contributed by atoms with E-state index in [0.717, 1.165) is 30.8 Å². The highest BCUT2D eigenvalue weighted by molar-refractivity contribution is 7.09. The first-order valence-corrected chi connectivity index (χ1v) is 16.3. The third-order valence-electron chi connectivity index (χ3n) is 7.95. The highest BCUT2D eigenvalue weighted by Gasteiger charge is 2.34. The van der Waals surface area contributed by atoms with Gasteiger partial charge < -0.3 is 26.0 Å². The maximum Gasteiger partial charge on any atom is 0.307 e. The molecule has 242 valence electrons. The van der Waals surface area contributed by atoms with E-state index in [2.05, 4.69) is 15.6 Å². The van der Waals surface area contributed by atoms with Crippen LogP contribution in [0.2, 0.25) is 0 Å². The number of aromatic nitrogens is 1. The van der Waals surface area contributed by atoms with E-state index in [9.17, 15) is 24.0 Å². The van der Waals surface area contributed by atoms with Crippen molar-refractivity contribution in [1.29, 1.82) is 0 Å². The van der Waals surface area contributed by atoms with Gasteiger partial charge in [-0.1, -0.05) is 40.5 Å². The number of carbonyl (C=O) groups is 5. The summed E-state index contributed by atoms with van der Waals surface area (Å²) >= 11 is 1.35. The average Bonchev–Trinajstić information content (AvgIpc) is 3.46. The van der Waals surface area contributed by atoms with E-state index >= 15 is 0 Å². The molecule has 0 radical (unpaired) electrons. The first-order valence-electron chi connectivity index (χ1n) is 15.4. The van der Waals surface area contributed by atoms with Crippen LogP contribution in [0, 0.1) is 11.8 Å². The van der Waals surface area contributed by atoms with Crippen molar-refractivity contribution < 1.29 is 28.7 Å². The maximum atomic E-state index is 13.9. The van der Waals surface area contributed by atoms with E-state index in [1.807, 2.05) is 32.7 Å². The lowest BCUT2D eigenvalue weighted by molar-refractivity contribution is -0.155. The van der Waals surface area contributed by atoms with Crippen molar-refractivity contribution >= 4 is 40.9 Å². The Morgan fingerprint density at radius 1 is 1.21 bits per heavy atom. The molecule has 13 heteroatoms. The maximum absolute atomic E-state index is 13.9. The van der Waals surface area contributed by atoms with Gasteiger partial charge in [0.25, 0.3) is 5.91 Å². The van der Waals surface area contributed by atoms with Crippen molar-refractivity contribution in [3.05, 3.63) is 16.1 Å². The number of hydrogen-bond acceptors (Lipinski definition) is 9. The standard InChI is InChI=1S/C30H50N6O6S/c1-6-11-25(37)42-19-36(30(41)26(20(3)7-2)34-29(40)23-12-8-9-16-35(23)5)17-10-13-24-33-22(18-43-24)28(39)32-15-14-21(4)27(31)38/h18,20-21,23,26H,6-17,19H2,1-5H3,(H2,31,38)(H,32,39)(H,34,40)/t20?,21-,23?,26?/m0/s1. The van der Waals surface area contributed by atoms with Gasteiger partial charge in [0.1, 0.15) is 11.7 Å². The number of nitrogens with one attached hydrogen (secondary N) is 2. The molecular weight excluding hydrogens is 572 g/mol. The SMILES string of the molecule is CCCC(=O)OCN(CCCc1nc(C(=O)NCC[C@H](C)C(N)=O)cs1)C(=O)C(NC(=O)C1CCCCN1C)C(C)CC. The number of aryl methyl sites for hydroxylation is 1. The normalized spacial score (nSPS) is 17.4. The summed E-state index contributed by atoms with van der Waals surface area (Å²) in [5.74, 6) is -2.00. The van der Waals surface area contributed by atoms with Gasteiger partial charge in [0, 0.05) is 37.2 Å². The Labute approximate surface area is 259 Å². The summed E-state index contributed by atoms with van der Waals surface area (Å²) in [4.78, 5) is 70.8. The first-order chi connectivity index (χ1) is 20.5. The molecule has 1 saturated heterocycles. The summed E-state index contributed by atoms with van der Waals surface area (Å²) in [6.45, 7) is 8.75. The molecule has 4 amide bonds. The molecule has 1 aromatic rings. The second-order valence-electron chi connectivity index (χ2n) is 11.4. The Kier molecular flexibility index (Phi) is 15.6. The Bertz CT molecular complexity index is 1080. The number of nitrogens with two attached hydrogens (primary N) is 1. The molecule has 0 saturated carbocycles. The second kappa shape index (κ2) is 18.6. The van der Waals surface area contributed by atoms with Crippen LogP contribution in [0.4, 0.5) is 0 Å².